The highest BCUT2D eigenvalue weighted by atomic mass is 35.5. The van der Waals surface area contributed by atoms with Crippen molar-refractivity contribution in [1.82, 2.24) is 59.9 Å². The van der Waals surface area contributed by atoms with Crippen LogP contribution in [0.4, 0.5) is 11.4 Å². The quantitative estimate of drug-likeness (QED) is 0.105. The van der Waals surface area contributed by atoms with Gasteiger partial charge in [-0.3, -0.25) is 9.59 Å². The molecule has 65 heavy (non-hydrogen) atoms. The lowest BCUT2D eigenvalue weighted by molar-refractivity contribution is 0.101. The van der Waals surface area contributed by atoms with E-state index in [1.54, 1.807) is 90.1 Å². The molecule has 0 saturated carbocycles. The smallest absolute Gasteiger partial charge is 0.258 e. The van der Waals surface area contributed by atoms with Crippen molar-refractivity contribution >= 4 is 68.5 Å². The van der Waals surface area contributed by atoms with Crippen LogP contribution in [0.25, 0.3) is 22.1 Å². The molecule has 0 bridgehead atoms. The number of aromatic amines is 1. The number of halogens is 2. The van der Waals surface area contributed by atoms with Crippen LogP contribution in [0.5, 0.6) is 17.2 Å². The van der Waals surface area contributed by atoms with Crippen molar-refractivity contribution in [2.24, 2.45) is 0 Å². The summed E-state index contributed by atoms with van der Waals surface area (Å²) in [6.45, 7) is 4.97. The highest BCUT2D eigenvalue weighted by Crippen LogP contribution is 2.31. The maximum absolute atomic E-state index is 12.9. The third-order valence-corrected chi connectivity index (χ3v) is 10.9. The van der Waals surface area contributed by atoms with Gasteiger partial charge in [0.2, 0.25) is 0 Å². The summed E-state index contributed by atoms with van der Waals surface area (Å²) in [6.07, 6.45) is 6.39. The van der Waals surface area contributed by atoms with Crippen LogP contribution in [-0.2, 0) is 19.6 Å². The van der Waals surface area contributed by atoms with E-state index in [0.29, 0.717) is 91.7 Å². The highest BCUT2D eigenvalue weighted by Gasteiger charge is 2.22. The van der Waals surface area contributed by atoms with E-state index in [-0.39, 0.29) is 22.9 Å². The van der Waals surface area contributed by atoms with Gasteiger partial charge in [-0.15, -0.1) is 5.10 Å². The molecular weight excluding hydrogens is 875 g/mol. The first-order valence-electron chi connectivity index (χ1n) is 19.8. The molecule has 330 valence electrons. The van der Waals surface area contributed by atoms with Crippen LogP contribution < -0.4 is 24.8 Å². The lowest BCUT2D eigenvalue weighted by Crippen LogP contribution is -2.13. The van der Waals surface area contributed by atoms with E-state index < -0.39 is 0 Å². The number of methoxy groups -OCH3 is 3. The number of nitrogens with zero attached hydrogens (tertiary/aromatic N) is 11. The van der Waals surface area contributed by atoms with E-state index in [2.05, 4.69) is 56.5 Å². The van der Waals surface area contributed by atoms with Gasteiger partial charge in [0, 0.05) is 23.8 Å². The van der Waals surface area contributed by atoms with Crippen LogP contribution in [-0.4, -0.2) is 93.1 Å². The molecule has 3 N–H and O–H groups in total. The lowest BCUT2D eigenvalue weighted by Gasteiger charge is -2.08. The van der Waals surface area contributed by atoms with E-state index in [0.717, 1.165) is 17.0 Å². The standard InChI is InChI=1S/C26H24ClN7O3.C18H16ClN7O2/c1-16-23-24(27)22(26(35)29-18-6-10-21(37-3)11-7-18)12-28-25(23)34(31-16)15-19-14-33(32-30-19)13-17-4-8-20(36-2)9-5-17;1-10-15-16(19)14(18(27)22-11-3-5-13(28-2)6-4-11)8-20-17(15)26(24-10)9-12-7-21-25-23-12/h4-12,14H,13,15H2,1-3H3,(H,29,35);3-8H,9H2,1-2H3,(H,22,27)(H,21,23,25). The number of H-pyrrole nitrogens is 1. The fraction of sp³-hybridized carbons (Fsp3) is 0.182. The average molecular weight is 916 g/mol. The van der Waals surface area contributed by atoms with Gasteiger partial charge in [0.25, 0.3) is 11.8 Å². The molecule has 9 aromatic rings. The topological polar surface area (TPSA) is 220 Å². The van der Waals surface area contributed by atoms with Crippen LogP contribution in [0.1, 0.15) is 49.1 Å². The number of amides is 2. The Morgan fingerprint density at radius 3 is 1.54 bits per heavy atom. The number of anilines is 2. The predicted molar refractivity (Wildman–Crippen MR) is 243 cm³/mol. The van der Waals surface area contributed by atoms with Gasteiger partial charge in [0.05, 0.1) is 96.7 Å². The minimum absolute atomic E-state index is 0.262. The normalized spacial score (nSPS) is 11.0. The molecule has 3 aromatic carbocycles. The summed E-state index contributed by atoms with van der Waals surface area (Å²) in [4.78, 5) is 34.5. The summed E-state index contributed by atoms with van der Waals surface area (Å²) in [7, 11) is 4.81. The summed E-state index contributed by atoms with van der Waals surface area (Å²) in [5.41, 5.74) is 6.76. The second-order valence-corrected chi connectivity index (χ2v) is 15.2. The molecule has 0 saturated heterocycles. The number of carbonyl (C=O) groups excluding carboxylic acids is 2. The summed E-state index contributed by atoms with van der Waals surface area (Å²) < 4.78 is 20.6. The van der Waals surface area contributed by atoms with Gasteiger partial charge in [-0.1, -0.05) is 40.5 Å². The third kappa shape index (κ3) is 9.70. The largest absolute Gasteiger partial charge is 0.497 e. The van der Waals surface area contributed by atoms with Crippen LogP contribution in [0, 0.1) is 13.8 Å². The summed E-state index contributed by atoms with van der Waals surface area (Å²) in [5.74, 6) is 1.49. The van der Waals surface area contributed by atoms with Crippen molar-refractivity contribution in [2.75, 3.05) is 32.0 Å². The Morgan fingerprint density at radius 1 is 0.631 bits per heavy atom. The summed E-state index contributed by atoms with van der Waals surface area (Å²) >= 11 is 13.2. The van der Waals surface area contributed by atoms with Crippen LogP contribution in [0.2, 0.25) is 10.0 Å². The van der Waals surface area contributed by atoms with Gasteiger partial charge in [0.15, 0.2) is 11.3 Å². The molecule has 9 rings (SSSR count). The molecule has 0 radical (unpaired) electrons. The molecule has 0 fully saturated rings. The molecule has 0 aliphatic carbocycles. The number of aromatic nitrogens is 12. The minimum atomic E-state index is -0.363. The number of hydrogen-bond donors (Lipinski definition) is 3. The molecule has 6 heterocycles. The van der Waals surface area contributed by atoms with E-state index >= 15 is 0 Å². The van der Waals surface area contributed by atoms with Crippen molar-refractivity contribution in [1.29, 1.82) is 0 Å². The maximum Gasteiger partial charge on any atom is 0.258 e. The molecule has 19 nitrogen and oxygen atoms in total. The SMILES string of the molecule is COc1ccc(Cn2cc(Cn3nc(C)c4c(Cl)c(C(=O)Nc5ccc(OC)cc5)cnc43)nn2)cc1.COc1ccc(NC(=O)c2cnc3c(c(C)nn3Cc3cn[nH]n3)c2Cl)cc1. The Hall–Kier alpha value is -7.90. The number of hydrogen-bond acceptors (Lipinski definition) is 13. The fourth-order valence-corrected chi connectivity index (χ4v) is 7.56. The Balaban J connectivity index is 0.000000184. The average Bonchev–Trinajstić information content (AvgIpc) is 4.13. The number of carbonyl (C=O) groups is 2. The zero-order valence-electron chi connectivity index (χ0n) is 35.6. The molecule has 0 aliphatic heterocycles. The van der Waals surface area contributed by atoms with Gasteiger partial charge < -0.3 is 24.8 Å². The molecule has 2 amide bonds. The molecule has 6 aromatic heterocycles. The third-order valence-electron chi connectivity index (χ3n) is 10.1. The first-order chi connectivity index (χ1) is 31.5. The van der Waals surface area contributed by atoms with Crippen LogP contribution in [0.15, 0.2) is 97.6 Å². The van der Waals surface area contributed by atoms with E-state index in [1.807, 2.05) is 44.3 Å². The number of fused-ring (bicyclic) bond motifs is 2. The van der Waals surface area contributed by atoms with Gasteiger partial charge in [-0.05, 0) is 80.1 Å². The number of rotatable bonds is 13. The second kappa shape index (κ2) is 19.2. The van der Waals surface area contributed by atoms with Crippen molar-refractivity contribution in [3.05, 3.63) is 147 Å². The number of benzene rings is 3. The van der Waals surface area contributed by atoms with Crippen molar-refractivity contribution in [2.45, 2.75) is 33.5 Å². The van der Waals surface area contributed by atoms with Crippen molar-refractivity contribution < 1.29 is 23.8 Å². The Morgan fingerprint density at radius 2 is 1.09 bits per heavy atom. The molecule has 0 aliphatic rings. The van der Waals surface area contributed by atoms with Crippen LogP contribution >= 0.6 is 23.2 Å². The van der Waals surface area contributed by atoms with Gasteiger partial charge >= 0.3 is 0 Å². The number of nitrogens with one attached hydrogen (secondary N) is 3. The Labute approximate surface area is 380 Å². The van der Waals surface area contributed by atoms with Gasteiger partial charge in [-0.25, -0.2) is 24.0 Å². The zero-order chi connectivity index (χ0) is 45.6. The van der Waals surface area contributed by atoms with Crippen molar-refractivity contribution in [3.8, 4) is 17.2 Å². The Bertz CT molecular complexity index is 3110. The maximum atomic E-state index is 12.9. The monoisotopic (exact) mass is 914 g/mol. The number of ether oxygens (including phenoxy) is 3. The lowest BCUT2D eigenvalue weighted by atomic mass is 10.2. The van der Waals surface area contributed by atoms with Crippen molar-refractivity contribution in [3.63, 3.8) is 0 Å². The summed E-state index contributed by atoms with van der Waals surface area (Å²) in [5, 5.41) is 35.4. The van der Waals surface area contributed by atoms with E-state index in [4.69, 9.17) is 37.4 Å². The fourth-order valence-electron chi connectivity index (χ4n) is 6.85. The highest BCUT2D eigenvalue weighted by molar-refractivity contribution is 6.39. The first-order valence-corrected chi connectivity index (χ1v) is 20.6. The second-order valence-electron chi connectivity index (χ2n) is 14.4. The molecule has 0 atom stereocenters. The Kier molecular flexibility index (Phi) is 12.9. The van der Waals surface area contributed by atoms with Crippen LogP contribution in [0.3, 0.4) is 0 Å². The van der Waals surface area contributed by atoms with Gasteiger partial charge in [-0.2, -0.15) is 25.6 Å². The molecular formula is C44H40Cl2N14O5. The molecule has 0 spiro atoms. The first kappa shape index (κ1) is 43.7. The number of aryl methyl sites for hydroxylation is 2. The number of pyridine rings is 2. The minimum Gasteiger partial charge on any atom is -0.497 e. The molecule has 21 heteroatoms. The zero-order valence-corrected chi connectivity index (χ0v) is 37.1. The summed E-state index contributed by atoms with van der Waals surface area (Å²) in [6, 6.07) is 21.8. The predicted octanol–water partition coefficient (Wildman–Crippen LogP) is 7.17. The molecule has 0 unspecified atom stereocenters. The van der Waals surface area contributed by atoms with E-state index in [1.165, 1.54) is 12.4 Å². The van der Waals surface area contributed by atoms with E-state index in [9.17, 15) is 9.59 Å². The van der Waals surface area contributed by atoms with Gasteiger partial charge in [0.1, 0.15) is 28.6 Å².